The van der Waals surface area contributed by atoms with Gasteiger partial charge in [0.15, 0.2) is 0 Å². The van der Waals surface area contributed by atoms with Crippen LogP contribution in [0.25, 0.3) is 0 Å². The van der Waals surface area contributed by atoms with Crippen molar-refractivity contribution >= 4 is 17.5 Å². The summed E-state index contributed by atoms with van der Waals surface area (Å²) >= 11 is 6.05. The van der Waals surface area contributed by atoms with Crippen LogP contribution in [0.3, 0.4) is 0 Å². The van der Waals surface area contributed by atoms with Crippen LogP contribution in [-0.4, -0.2) is 11.1 Å². The number of carbonyl (C=O) groups is 1. The van der Waals surface area contributed by atoms with E-state index in [0.717, 1.165) is 22.4 Å². The maximum absolute atomic E-state index is 12.0. The van der Waals surface area contributed by atoms with Crippen molar-refractivity contribution in [2.24, 2.45) is 0 Å². The van der Waals surface area contributed by atoms with E-state index in [1.807, 2.05) is 39.0 Å². The standard InChI is InChI=1S/C15H17ClN2O2/c1-9-12(5-4-6-14(9)16)8-17-15(19)7-13-10(2)18-20-11(13)3/h4-6H,7-8H2,1-3H3,(H,17,19). The lowest BCUT2D eigenvalue weighted by atomic mass is 10.1. The van der Waals surface area contributed by atoms with Gasteiger partial charge in [0.1, 0.15) is 5.76 Å². The third-order valence-corrected chi connectivity index (χ3v) is 3.78. The Hall–Kier alpha value is -1.81. The molecule has 0 unspecified atom stereocenters. The van der Waals surface area contributed by atoms with Gasteiger partial charge in [0.25, 0.3) is 0 Å². The molecule has 0 spiro atoms. The lowest BCUT2D eigenvalue weighted by molar-refractivity contribution is -0.120. The van der Waals surface area contributed by atoms with Gasteiger partial charge in [-0.2, -0.15) is 0 Å². The van der Waals surface area contributed by atoms with Crippen LogP contribution >= 0.6 is 11.6 Å². The summed E-state index contributed by atoms with van der Waals surface area (Å²) in [6.07, 6.45) is 0.279. The van der Waals surface area contributed by atoms with E-state index < -0.39 is 0 Å². The summed E-state index contributed by atoms with van der Waals surface area (Å²) in [4.78, 5) is 12.0. The normalized spacial score (nSPS) is 10.6. The van der Waals surface area contributed by atoms with Crippen molar-refractivity contribution in [1.29, 1.82) is 0 Å². The molecular weight excluding hydrogens is 276 g/mol. The van der Waals surface area contributed by atoms with Gasteiger partial charge in [-0.05, 0) is 38.0 Å². The fourth-order valence-corrected chi connectivity index (χ4v) is 2.21. The van der Waals surface area contributed by atoms with Crippen LogP contribution in [0, 0.1) is 20.8 Å². The van der Waals surface area contributed by atoms with Crippen molar-refractivity contribution in [3.8, 4) is 0 Å². The highest BCUT2D eigenvalue weighted by Gasteiger charge is 2.13. The fraction of sp³-hybridized carbons (Fsp3) is 0.333. The third kappa shape index (κ3) is 3.20. The molecule has 0 atom stereocenters. The van der Waals surface area contributed by atoms with E-state index in [1.165, 1.54) is 0 Å². The number of aryl methyl sites for hydroxylation is 2. The Labute approximate surface area is 123 Å². The Morgan fingerprint density at radius 3 is 2.75 bits per heavy atom. The Morgan fingerprint density at radius 1 is 1.35 bits per heavy atom. The fourth-order valence-electron chi connectivity index (χ4n) is 2.01. The van der Waals surface area contributed by atoms with Crippen LogP contribution < -0.4 is 5.32 Å². The van der Waals surface area contributed by atoms with Gasteiger partial charge in [-0.3, -0.25) is 4.79 Å². The second-order valence-corrected chi connectivity index (χ2v) is 5.19. The Bertz CT molecular complexity index is 615. The molecule has 0 aliphatic heterocycles. The zero-order valence-electron chi connectivity index (χ0n) is 11.8. The molecule has 4 nitrogen and oxygen atoms in total. The number of nitrogens with zero attached hydrogens (tertiary/aromatic N) is 1. The molecule has 1 N–H and O–H groups in total. The molecule has 5 heteroatoms. The number of amides is 1. The molecule has 0 saturated heterocycles. The van der Waals surface area contributed by atoms with Gasteiger partial charge in [-0.1, -0.05) is 28.9 Å². The van der Waals surface area contributed by atoms with Crippen LogP contribution in [-0.2, 0) is 17.8 Å². The summed E-state index contributed by atoms with van der Waals surface area (Å²) in [6.45, 7) is 6.05. The average Bonchev–Trinajstić information content (AvgIpc) is 2.72. The number of carbonyl (C=O) groups excluding carboxylic acids is 1. The van der Waals surface area contributed by atoms with Gasteiger partial charge in [0.05, 0.1) is 12.1 Å². The first-order chi connectivity index (χ1) is 9.49. The lowest BCUT2D eigenvalue weighted by Gasteiger charge is -2.09. The number of hydrogen-bond donors (Lipinski definition) is 1. The van der Waals surface area contributed by atoms with E-state index in [9.17, 15) is 4.79 Å². The van der Waals surface area contributed by atoms with Crippen molar-refractivity contribution in [1.82, 2.24) is 10.5 Å². The SMILES string of the molecule is Cc1noc(C)c1CC(=O)NCc1cccc(Cl)c1C. The molecule has 1 heterocycles. The van der Waals surface area contributed by atoms with E-state index in [1.54, 1.807) is 0 Å². The van der Waals surface area contributed by atoms with Gasteiger partial charge < -0.3 is 9.84 Å². The minimum absolute atomic E-state index is 0.0567. The van der Waals surface area contributed by atoms with E-state index in [-0.39, 0.29) is 12.3 Å². The minimum Gasteiger partial charge on any atom is -0.361 e. The van der Waals surface area contributed by atoms with E-state index in [2.05, 4.69) is 10.5 Å². The summed E-state index contributed by atoms with van der Waals surface area (Å²) in [6, 6.07) is 5.68. The molecule has 0 bridgehead atoms. The largest absolute Gasteiger partial charge is 0.361 e. The van der Waals surface area contributed by atoms with Crippen molar-refractivity contribution in [2.45, 2.75) is 33.7 Å². The molecule has 2 rings (SSSR count). The molecule has 2 aromatic rings. The molecule has 20 heavy (non-hydrogen) atoms. The second kappa shape index (κ2) is 6.09. The van der Waals surface area contributed by atoms with Gasteiger partial charge >= 0.3 is 0 Å². The molecule has 106 valence electrons. The summed E-state index contributed by atoms with van der Waals surface area (Å²) in [5.41, 5.74) is 3.62. The van der Waals surface area contributed by atoms with Crippen molar-refractivity contribution < 1.29 is 9.32 Å². The first-order valence-electron chi connectivity index (χ1n) is 6.41. The third-order valence-electron chi connectivity index (χ3n) is 3.37. The average molecular weight is 293 g/mol. The van der Waals surface area contributed by atoms with Crippen LogP contribution in [0.5, 0.6) is 0 Å². The number of hydrogen-bond acceptors (Lipinski definition) is 3. The topological polar surface area (TPSA) is 55.1 Å². The van der Waals surface area contributed by atoms with Crippen LogP contribution in [0.1, 0.15) is 28.1 Å². The van der Waals surface area contributed by atoms with E-state index in [0.29, 0.717) is 17.3 Å². The number of halogens is 1. The lowest BCUT2D eigenvalue weighted by Crippen LogP contribution is -2.25. The van der Waals surface area contributed by atoms with E-state index >= 15 is 0 Å². The highest BCUT2D eigenvalue weighted by Crippen LogP contribution is 2.18. The second-order valence-electron chi connectivity index (χ2n) is 4.78. The summed E-state index contributed by atoms with van der Waals surface area (Å²) in [5.74, 6) is 0.635. The zero-order chi connectivity index (χ0) is 14.7. The predicted molar refractivity (Wildman–Crippen MR) is 77.7 cm³/mol. The molecule has 1 aromatic carbocycles. The van der Waals surface area contributed by atoms with E-state index in [4.69, 9.17) is 16.1 Å². The van der Waals surface area contributed by atoms with Crippen LogP contribution in [0.4, 0.5) is 0 Å². The molecule has 0 aliphatic carbocycles. The Balaban J connectivity index is 1.98. The number of benzene rings is 1. The Kier molecular flexibility index (Phi) is 4.45. The number of aromatic nitrogens is 1. The summed E-state index contributed by atoms with van der Waals surface area (Å²) < 4.78 is 5.05. The molecule has 0 saturated carbocycles. The predicted octanol–water partition coefficient (Wildman–Crippen LogP) is 3.11. The first-order valence-corrected chi connectivity index (χ1v) is 6.79. The maximum atomic E-state index is 12.0. The molecule has 0 fully saturated rings. The zero-order valence-corrected chi connectivity index (χ0v) is 12.5. The number of rotatable bonds is 4. The van der Waals surface area contributed by atoms with Crippen molar-refractivity contribution in [3.63, 3.8) is 0 Å². The van der Waals surface area contributed by atoms with Gasteiger partial charge in [0.2, 0.25) is 5.91 Å². The molecular formula is C15H17ClN2O2. The molecule has 0 aliphatic rings. The van der Waals surface area contributed by atoms with Gasteiger partial charge in [0, 0.05) is 17.1 Å². The van der Waals surface area contributed by atoms with Crippen LogP contribution in [0.2, 0.25) is 5.02 Å². The summed E-state index contributed by atoms with van der Waals surface area (Å²) in [5, 5.41) is 7.44. The molecule has 1 aromatic heterocycles. The van der Waals surface area contributed by atoms with Crippen LogP contribution in [0.15, 0.2) is 22.7 Å². The quantitative estimate of drug-likeness (QED) is 0.942. The maximum Gasteiger partial charge on any atom is 0.224 e. The van der Waals surface area contributed by atoms with Gasteiger partial charge in [-0.25, -0.2) is 0 Å². The van der Waals surface area contributed by atoms with Crippen molar-refractivity contribution in [2.75, 3.05) is 0 Å². The minimum atomic E-state index is -0.0567. The monoisotopic (exact) mass is 292 g/mol. The highest BCUT2D eigenvalue weighted by atomic mass is 35.5. The highest BCUT2D eigenvalue weighted by molar-refractivity contribution is 6.31. The molecule has 0 radical (unpaired) electrons. The smallest absolute Gasteiger partial charge is 0.224 e. The summed E-state index contributed by atoms with van der Waals surface area (Å²) in [7, 11) is 0. The number of nitrogens with one attached hydrogen (secondary N) is 1. The van der Waals surface area contributed by atoms with Gasteiger partial charge in [-0.15, -0.1) is 0 Å². The molecule has 1 amide bonds. The first kappa shape index (κ1) is 14.6. The van der Waals surface area contributed by atoms with Crippen molar-refractivity contribution in [3.05, 3.63) is 51.4 Å². The Morgan fingerprint density at radius 2 is 2.10 bits per heavy atom.